The third-order valence-electron chi connectivity index (χ3n) is 2.57. The average Bonchev–Trinajstić information content (AvgIpc) is 2.40. The topological polar surface area (TPSA) is 35.2 Å². The molecule has 0 saturated carbocycles. The molecule has 0 saturated heterocycles. The zero-order valence-electron chi connectivity index (χ0n) is 9.70. The Morgan fingerprint density at radius 1 is 1.00 bits per heavy atom. The Morgan fingerprint density at radius 3 is 2.50 bits per heavy atom. The summed E-state index contributed by atoms with van der Waals surface area (Å²) in [5.74, 6) is 0.797. The maximum Gasteiger partial charge on any atom is 0.124 e. The van der Waals surface area contributed by atoms with Crippen LogP contribution in [0.3, 0.4) is 0 Å². The van der Waals surface area contributed by atoms with Gasteiger partial charge in [-0.2, -0.15) is 0 Å². The molecule has 2 rings (SSSR count). The lowest BCUT2D eigenvalue weighted by molar-refractivity contribution is 0.303. The molecule has 0 fully saturated rings. The largest absolute Gasteiger partial charge is 0.489 e. The molecule has 0 aromatic heterocycles. The number of rotatable bonds is 4. The average molecular weight is 282 g/mol. The van der Waals surface area contributed by atoms with E-state index in [2.05, 4.69) is 0 Å². The Bertz CT molecular complexity index is 543. The summed E-state index contributed by atoms with van der Waals surface area (Å²) in [7, 11) is 0. The van der Waals surface area contributed by atoms with Crippen LogP contribution < -0.4 is 10.5 Å². The van der Waals surface area contributed by atoms with Gasteiger partial charge in [-0.25, -0.2) is 0 Å². The van der Waals surface area contributed by atoms with Gasteiger partial charge >= 0.3 is 0 Å². The fraction of sp³-hybridized carbons (Fsp3) is 0.143. The van der Waals surface area contributed by atoms with Crippen LogP contribution in [-0.2, 0) is 13.2 Å². The standard InChI is InChI=1S/C14H13Cl2NO/c15-12-6-5-10(7-13(12)16)9-18-14-4-2-1-3-11(14)8-17/h1-7H,8-9,17H2. The second-order valence-electron chi connectivity index (χ2n) is 3.85. The van der Waals surface area contributed by atoms with E-state index in [1.165, 1.54) is 0 Å². The van der Waals surface area contributed by atoms with Crippen LogP contribution in [0.5, 0.6) is 5.75 Å². The van der Waals surface area contributed by atoms with Crippen molar-refractivity contribution in [3.63, 3.8) is 0 Å². The number of ether oxygens (including phenoxy) is 1. The molecule has 0 aliphatic heterocycles. The Balaban J connectivity index is 2.09. The molecule has 2 aromatic carbocycles. The predicted octanol–water partition coefficient (Wildman–Crippen LogP) is 4.03. The molecule has 2 N–H and O–H groups in total. The van der Waals surface area contributed by atoms with Gasteiger partial charge in [0.1, 0.15) is 12.4 Å². The maximum absolute atomic E-state index is 5.95. The molecule has 0 aliphatic carbocycles. The second kappa shape index (κ2) is 6.10. The first-order chi connectivity index (χ1) is 8.70. The Labute approximate surface area is 116 Å². The van der Waals surface area contributed by atoms with Gasteiger partial charge < -0.3 is 10.5 Å². The first kappa shape index (κ1) is 13.2. The summed E-state index contributed by atoms with van der Waals surface area (Å²) in [6.07, 6.45) is 0. The van der Waals surface area contributed by atoms with E-state index in [9.17, 15) is 0 Å². The summed E-state index contributed by atoms with van der Waals surface area (Å²) in [5, 5.41) is 1.08. The molecule has 2 nitrogen and oxygen atoms in total. The molecule has 94 valence electrons. The highest BCUT2D eigenvalue weighted by atomic mass is 35.5. The van der Waals surface area contributed by atoms with Gasteiger partial charge in [0.05, 0.1) is 10.0 Å². The highest BCUT2D eigenvalue weighted by Crippen LogP contribution is 2.24. The lowest BCUT2D eigenvalue weighted by atomic mass is 10.2. The van der Waals surface area contributed by atoms with Crippen molar-refractivity contribution in [2.24, 2.45) is 5.73 Å². The third-order valence-corrected chi connectivity index (χ3v) is 3.31. The predicted molar refractivity (Wildman–Crippen MR) is 75.1 cm³/mol. The molecular weight excluding hydrogens is 269 g/mol. The molecule has 2 aromatic rings. The van der Waals surface area contributed by atoms with E-state index >= 15 is 0 Å². The van der Waals surface area contributed by atoms with Crippen molar-refractivity contribution in [2.45, 2.75) is 13.2 Å². The normalized spacial score (nSPS) is 10.4. The van der Waals surface area contributed by atoms with Crippen molar-refractivity contribution >= 4 is 23.2 Å². The van der Waals surface area contributed by atoms with E-state index in [1.807, 2.05) is 30.3 Å². The Morgan fingerprint density at radius 2 is 1.78 bits per heavy atom. The van der Waals surface area contributed by atoms with Gasteiger partial charge in [0.15, 0.2) is 0 Å². The molecule has 0 atom stereocenters. The summed E-state index contributed by atoms with van der Waals surface area (Å²) < 4.78 is 5.73. The van der Waals surface area contributed by atoms with Crippen molar-refractivity contribution in [1.82, 2.24) is 0 Å². The second-order valence-corrected chi connectivity index (χ2v) is 4.66. The van der Waals surface area contributed by atoms with Crippen LogP contribution in [0.15, 0.2) is 42.5 Å². The van der Waals surface area contributed by atoms with E-state index in [-0.39, 0.29) is 0 Å². The van der Waals surface area contributed by atoms with Crippen LogP contribution in [0.4, 0.5) is 0 Å². The number of benzene rings is 2. The number of hydrogen-bond donors (Lipinski definition) is 1. The van der Waals surface area contributed by atoms with Gasteiger partial charge in [0.2, 0.25) is 0 Å². The number of hydrogen-bond acceptors (Lipinski definition) is 2. The molecule has 4 heteroatoms. The molecule has 0 amide bonds. The van der Waals surface area contributed by atoms with Crippen molar-refractivity contribution in [3.8, 4) is 5.75 Å². The summed E-state index contributed by atoms with van der Waals surface area (Å²) in [6.45, 7) is 0.894. The molecule has 0 heterocycles. The minimum Gasteiger partial charge on any atom is -0.489 e. The van der Waals surface area contributed by atoms with Crippen molar-refractivity contribution in [1.29, 1.82) is 0 Å². The lowest BCUT2D eigenvalue weighted by Gasteiger charge is -2.10. The SMILES string of the molecule is NCc1ccccc1OCc1ccc(Cl)c(Cl)c1. The minimum absolute atomic E-state index is 0.438. The smallest absolute Gasteiger partial charge is 0.124 e. The summed E-state index contributed by atoms with van der Waals surface area (Å²) >= 11 is 11.8. The van der Waals surface area contributed by atoms with Crippen LogP contribution in [0.1, 0.15) is 11.1 Å². The van der Waals surface area contributed by atoms with E-state index < -0.39 is 0 Å². The van der Waals surface area contributed by atoms with Gasteiger partial charge in [0, 0.05) is 12.1 Å². The van der Waals surface area contributed by atoms with Gasteiger partial charge in [-0.1, -0.05) is 47.5 Å². The van der Waals surface area contributed by atoms with Crippen LogP contribution in [0, 0.1) is 0 Å². The van der Waals surface area contributed by atoms with Crippen LogP contribution in [0.25, 0.3) is 0 Å². The van der Waals surface area contributed by atoms with E-state index in [0.717, 1.165) is 16.9 Å². The zero-order chi connectivity index (χ0) is 13.0. The maximum atomic E-state index is 5.95. The Hall–Kier alpha value is -1.22. The van der Waals surface area contributed by atoms with Gasteiger partial charge in [-0.15, -0.1) is 0 Å². The molecule has 0 unspecified atom stereocenters. The number of para-hydroxylation sites is 1. The number of halogens is 2. The quantitative estimate of drug-likeness (QED) is 0.918. The molecule has 0 radical (unpaired) electrons. The van der Waals surface area contributed by atoms with Gasteiger partial charge in [0.25, 0.3) is 0 Å². The van der Waals surface area contributed by atoms with Crippen molar-refractivity contribution in [2.75, 3.05) is 0 Å². The van der Waals surface area contributed by atoms with Gasteiger partial charge in [-0.3, -0.25) is 0 Å². The van der Waals surface area contributed by atoms with Crippen molar-refractivity contribution in [3.05, 3.63) is 63.6 Å². The number of nitrogens with two attached hydrogens (primary N) is 1. The summed E-state index contributed by atoms with van der Waals surface area (Å²) in [6, 6.07) is 13.2. The van der Waals surface area contributed by atoms with E-state index in [0.29, 0.717) is 23.2 Å². The molecular formula is C14H13Cl2NO. The first-order valence-corrected chi connectivity index (χ1v) is 6.31. The Kier molecular flexibility index (Phi) is 4.48. The molecule has 0 aliphatic rings. The summed E-state index contributed by atoms with van der Waals surface area (Å²) in [5.41, 5.74) is 7.60. The fourth-order valence-electron chi connectivity index (χ4n) is 1.60. The molecule has 18 heavy (non-hydrogen) atoms. The fourth-order valence-corrected chi connectivity index (χ4v) is 1.92. The first-order valence-electron chi connectivity index (χ1n) is 5.55. The third kappa shape index (κ3) is 3.16. The molecule has 0 spiro atoms. The summed E-state index contributed by atoms with van der Waals surface area (Å²) in [4.78, 5) is 0. The minimum atomic E-state index is 0.438. The monoisotopic (exact) mass is 281 g/mol. The molecule has 0 bridgehead atoms. The van der Waals surface area contributed by atoms with Crippen LogP contribution in [0.2, 0.25) is 10.0 Å². The van der Waals surface area contributed by atoms with Crippen LogP contribution in [-0.4, -0.2) is 0 Å². The highest BCUT2D eigenvalue weighted by Gasteiger charge is 2.03. The van der Waals surface area contributed by atoms with Crippen molar-refractivity contribution < 1.29 is 4.74 Å². The zero-order valence-corrected chi connectivity index (χ0v) is 11.2. The van der Waals surface area contributed by atoms with E-state index in [1.54, 1.807) is 12.1 Å². The lowest BCUT2D eigenvalue weighted by Crippen LogP contribution is -2.02. The van der Waals surface area contributed by atoms with Gasteiger partial charge in [-0.05, 0) is 23.8 Å². The van der Waals surface area contributed by atoms with E-state index in [4.69, 9.17) is 33.7 Å². The van der Waals surface area contributed by atoms with Crippen LogP contribution >= 0.6 is 23.2 Å². The highest BCUT2D eigenvalue weighted by molar-refractivity contribution is 6.42.